The van der Waals surface area contributed by atoms with Crippen LogP contribution in [0, 0.1) is 0 Å². The van der Waals surface area contributed by atoms with Gasteiger partial charge in [0, 0.05) is 44.8 Å². The van der Waals surface area contributed by atoms with E-state index >= 15 is 0 Å². The molecule has 1 saturated heterocycles. The van der Waals surface area contributed by atoms with Gasteiger partial charge in [0.1, 0.15) is 0 Å². The molecule has 1 atom stereocenters. The van der Waals surface area contributed by atoms with Gasteiger partial charge >= 0.3 is 0 Å². The maximum Gasteiger partial charge on any atom is 0.247 e. The minimum absolute atomic E-state index is 0.0663. The largest absolute Gasteiger partial charge is 0.378 e. The maximum atomic E-state index is 12.6. The number of nitrogens with zero attached hydrogens (tertiary/aromatic N) is 3. The number of benzene rings is 1. The van der Waals surface area contributed by atoms with Crippen LogP contribution in [0.2, 0.25) is 0 Å². The molecule has 1 unspecified atom stereocenters. The highest BCUT2D eigenvalue weighted by Gasteiger charge is 2.28. The predicted molar refractivity (Wildman–Crippen MR) is 97.7 cm³/mol. The van der Waals surface area contributed by atoms with Gasteiger partial charge in [0.2, 0.25) is 5.91 Å². The predicted octanol–water partition coefficient (Wildman–Crippen LogP) is 3.52. The van der Waals surface area contributed by atoms with Gasteiger partial charge in [-0.15, -0.1) is 0 Å². The molecule has 0 aliphatic carbocycles. The van der Waals surface area contributed by atoms with Crippen molar-refractivity contribution in [3.63, 3.8) is 0 Å². The topological polar surface area (TPSA) is 36.4 Å². The summed E-state index contributed by atoms with van der Waals surface area (Å²) in [5, 5.41) is 0. The summed E-state index contributed by atoms with van der Waals surface area (Å²) in [7, 11) is 4.07. The number of amides is 1. The highest BCUT2D eigenvalue weighted by Crippen LogP contribution is 2.33. The lowest BCUT2D eigenvalue weighted by atomic mass is 10.0. The van der Waals surface area contributed by atoms with E-state index in [1.54, 1.807) is 18.5 Å². The number of carbonyl (C=O) groups excluding carboxylic acids is 1. The van der Waals surface area contributed by atoms with Gasteiger partial charge in [-0.2, -0.15) is 0 Å². The minimum Gasteiger partial charge on any atom is -0.378 e. The van der Waals surface area contributed by atoms with E-state index in [4.69, 9.17) is 0 Å². The summed E-state index contributed by atoms with van der Waals surface area (Å²) < 4.78 is 0. The summed E-state index contributed by atoms with van der Waals surface area (Å²) in [5.41, 5.74) is 3.32. The normalized spacial score (nSPS) is 17.4. The van der Waals surface area contributed by atoms with Gasteiger partial charge in [-0.3, -0.25) is 9.78 Å². The molecule has 0 saturated carbocycles. The van der Waals surface area contributed by atoms with Crippen molar-refractivity contribution < 1.29 is 4.79 Å². The number of hydrogen-bond donors (Lipinski definition) is 0. The highest BCUT2D eigenvalue weighted by atomic mass is 16.2. The third-order valence-corrected chi connectivity index (χ3v) is 4.41. The Bertz CT molecular complexity index is 725. The van der Waals surface area contributed by atoms with E-state index in [0.29, 0.717) is 0 Å². The molecule has 0 N–H and O–H groups in total. The van der Waals surface area contributed by atoms with E-state index in [1.165, 1.54) is 5.56 Å². The Balaban J connectivity index is 1.76. The van der Waals surface area contributed by atoms with Crippen molar-refractivity contribution in [2.75, 3.05) is 25.5 Å². The van der Waals surface area contributed by atoms with Crippen LogP contribution in [-0.2, 0) is 4.79 Å². The lowest BCUT2D eigenvalue weighted by molar-refractivity contribution is -0.126. The first kappa shape index (κ1) is 16.2. The highest BCUT2D eigenvalue weighted by molar-refractivity contribution is 5.92. The van der Waals surface area contributed by atoms with E-state index in [2.05, 4.69) is 34.1 Å². The second-order valence-electron chi connectivity index (χ2n) is 6.30. The average molecular weight is 321 g/mol. The zero-order valence-electron chi connectivity index (χ0n) is 14.2. The fraction of sp³-hybridized carbons (Fsp3) is 0.300. The number of pyridine rings is 1. The fourth-order valence-corrected chi connectivity index (χ4v) is 3.13. The lowest BCUT2D eigenvalue weighted by Crippen LogP contribution is -2.29. The van der Waals surface area contributed by atoms with Crippen molar-refractivity contribution in [1.29, 1.82) is 0 Å². The molecule has 1 amide bonds. The summed E-state index contributed by atoms with van der Waals surface area (Å²) >= 11 is 0. The molecule has 1 aliphatic rings. The van der Waals surface area contributed by atoms with Crippen molar-refractivity contribution in [3.05, 3.63) is 66.0 Å². The summed E-state index contributed by atoms with van der Waals surface area (Å²) in [4.78, 5) is 20.8. The fourth-order valence-electron chi connectivity index (χ4n) is 3.13. The number of carbonyl (C=O) groups is 1. The molecule has 1 fully saturated rings. The first-order valence-electron chi connectivity index (χ1n) is 8.31. The maximum absolute atomic E-state index is 12.6. The third kappa shape index (κ3) is 3.65. The second kappa shape index (κ2) is 7.30. The second-order valence-corrected chi connectivity index (χ2v) is 6.30. The first-order chi connectivity index (χ1) is 11.6. The molecule has 1 aromatic heterocycles. The molecule has 1 aliphatic heterocycles. The van der Waals surface area contributed by atoms with Crippen molar-refractivity contribution in [2.24, 2.45) is 0 Å². The summed E-state index contributed by atoms with van der Waals surface area (Å²) in [6, 6.07) is 12.4. The summed E-state index contributed by atoms with van der Waals surface area (Å²) in [6.45, 7) is 0.813. The molecule has 2 aromatic rings. The van der Waals surface area contributed by atoms with E-state index < -0.39 is 0 Å². The molecule has 124 valence electrons. The average Bonchev–Trinajstić information content (AvgIpc) is 3.10. The van der Waals surface area contributed by atoms with E-state index in [-0.39, 0.29) is 11.9 Å². The van der Waals surface area contributed by atoms with Gasteiger partial charge in [-0.1, -0.05) is 18.2 Å². The molecule has 0 bridgehead atoms. The van der Waals surface area contributed by atoms with Gasteiger partial charge in [0.05, 0.1) is 6.04 Å². The van der Waals surface area contributed by atoms with E-state index in [9.17, 15) is 4.79 Å². The Morgan fingerprint density at radius 1 is 1.29 bits per heavy atom. The monoisotopic (exact) mass is 321 g/mol. The third-order valence-electron chi connectivity index (χ3n) is 4.41. The van der Waals surface area contributed by atoms with Crippen molar-refractivity contribution >= 4 is 17.7 Å². The molecular formula is C20H23N3O. The van der Waals surface area contributed by atoms with Crippen LogP contribution in [-0.4, -0.2) is 36.4 Å². The van der Waals surface area contributed by atoms with Crippen LogP contribution < -0.4 is 4.90 Å². The molecule has 3 rings (SSSR count). The molecule has 0 radical (unpaired) electrons. The summed E-state index contributed by atoms with van der Waals surface area (Å²) in [6.07, 6.45) is 9.04. The molecule has 0 spiro atoms. The van der Waals surface area contributed by atoms with Crippen LogP contribution in [0.5, 0.6) is 0 Å². The van der Waals surface area contributed by atoms with Crippen LogP contribution in [0.25, 0.3) is 6.08 Å². The van der Waals surface area contributed by atoms with Crippen LogP contribution in [0.15, 0.2) is 54.9 Å². The van der Waals surface area contributed by atoms with Crippen molar-refractivity contribution in [2.45, 2.75) is 18.9 Å². The number of aromatic nitrogens is 1. The Morgan fingerprint density at radius 3 is 2.92 bits per heavy atom. The van der Waals surface area contributed by atoms with Crippen LogP contribution in [0.1, 0.15) is 30.0 Å². The number of likely N-dealkylation sites (tertiary alicyclic amines) is 1. The molecular weight excluding hydrogens is 298 g/mol. The van der Waals surface area contributed by atoms with E-state index in [1.807, 2.05) is 37.2 Å². The number of anilines is 1. The van der Waals surface area contributed by atoms with Gasteiger partial charge in [-0.25, -0.2) is 0 Å². The lowest BCUT2D eigenvalue weighted by Gasteiger charge is -2.25. The zero-order valence-corrected chi connectivity index (χ0v) is 14.2. The molecule has 2 heterocycles. The van der Waals surface area contributed by atoms with Crippen LogP contribution in [0.4, 0.5) is 5.69 Å². The van der Waals surface area contributed by atoms with E-state index in [0.717, 1.165) is 30.6 Å². The molecule has 1 aromatic carbocycles. The smallest absolute Gasteiger partial charge is 0.247 e. The Hall–Kier alpha value is -2.62. The number of hydrogen-bond acceptors (Lipinski definition) is 3. The Kier molecular flexibility index (Phi) is 4.94. The van der Waals surface area contributed by atoms with Crippen molar-refractivity contribution in [3.8, 4) is 0 Å². The van der Waals surface area contributed by atoms with Crippen LogP contribution in [0.3, 0.4) is 0 Å². The standard InChI is InChI=1S/C20H23N3O/c1-22(2)18-8-3-7-17(14-18)19-9-5-13-23(19)20(24)11-10-16-6-4-12-21-15-16/h3-4,6-8,10-12,14-15,19H,5,9,13H2,1-2H3/b11-10+. The minimum atomic E-state index is 0.0663. The zero-order chi connectivity index (χ0) is 16.9. The van der Waals surface area contributed by atoms with Gasteiger partial charge in [0.25, 0.3) is 0 Å². The molecule has 4 nitrogen and oxygen atoms in total. The first-order valence-corrected chi connectivity index (χ1v) is 8.31. The summed E-state index contributed by atoms with van der Waals surface area (Å²) in [5.74, 6) is 0.0663. The number of rotatable bonds is 4. The van der Waals surface area contributed by atoms with Gasteiger partial charge < -0.3 is 9.80 Å². The van der Waals surface area contributed by atoms with Crippen LogP contribution >= 0.6 is 0 Å². The molecule has 24 heavy (non-hydrogen) atoms. The Morgan fingerprint density at radius 2 is 2.17 bits per heavy atom. The Labute approximate surface area is 143 Å². The molecule has 4 heteroatoms. The van der Waals surface area contributed by atoms with Crippen molar-refractivity contribution in [1.82, 2.24) is 9.88 Å². The van der Waals surface area contributed by atoms with Gasteiger partial charge in [0.15, 0.2) is 0 Å². The SMILES string of the molecule is CN(C)c1cccc(C2CCCN2C(=O)/C=C/c2cccnc2)c1. The van der Waals surface area contributed by atoms with Gasteiger partial charge in [-0.05, 0) is 48.2 Å². The quantitative estimate of drug-likeness (QED) is 0.808.